The molecule has 1 aliphatic heterocycles. The van der Waals surface area contributed by atoms with Crippen LogP contribution in [0.3, 0.4) is 0 Å². The van der Waals surface area contributed by atoms with Crippen molar-refractivity contribution < 1.29 is 27.6 Å². The molecule has 31 heavy (non-hydrogen) atoms. The quantitative estimate of drug-likeness (QED) is 0.528. The van der Waals surface area contributed by atoms with Crippen LogP contribution >= 0.6 is 0 Å². The smallest absolute Gasteiger partial charge is 0.262 e. The summed E-state index contributed by atoms with van der Waals surface area (Å²) in [6.07, 6.45) is 0. The molecule has 9 heteroatoms. The molecule has 0 bridgehead atoms. The van der Waals surface area contributed by atoms with Crippen LogP contribution in [0.5, 0.6) is 5.75 Å². The predicted molar refractivity (Wildman–Crippen MR) is 118 cm³/mol. The number of quaternary nitrogens is 1. The number of amides is 1. The Balaban J connectivity index is 1.66. The summed E-state index contributed by atoms with van der Waals surface area (Å²) in [7, 11) is -3.85. The molecule has 1 saturated heterocycles. The van der Waals surface area contributed by atoms with Gasteiger partial charge in [-0.3, -0.25) is 9.52 Å². The molecular weight excluding hydrogens is 418 g/mol. The van der Waals surface area contributed by atoms with Crippen molar-refractivity contribution in [2.75, 3.05) is 50.7 Å². The number of nitrogens with one attached hydrogen (secondary N) is 3. The van der Waals surface area contributed by atoms with Crippen LogP contribution in [0.1, 0.15) is 22.8 Å². The molecule has 3 N–H and O–H groups in total. The van der Waals surface area contributed by atoms with Crippen molar-refractivity contribution in [2.45, 2.75) is 18.7 Å². The Morgan fingerprint density at radius 2 is 1.84 bits per heavy atom. The van der Waals surface area contributed by atoms with Crippen LogP contribution in [0.4, 0.5) is 5.69 Å². The number of morpholine rings is 1. The van der Waals surface area contributed by atoms with E-state index in [1.807, 2.05) is 6.92 Å². The molecule has 1 aliphatic rings. The second-order valence-electron chi connectivity index (χ2n) is 7.41. The van der Waals surface area contributed by atoms with Crippen LogP contribution in [0.15, 0.2) is 47.4 Å². The molecule has 3 rings (SSSR count). The lowest BCUT2D eigenvalue weighted by Crippen LogP contribution is -3.14. The van der Waals surface area contributed by atoms with E-state index in [-0.39, 0.29) is 10.8 Å². The van der Waals surface area contributed by atoms with E-state index < -0.39 is 10.0 Å². The zero-order valence-corrected chi connectivity index (χ0v) is 18.8. The summed E-state index contributed by atoms with van der Waals surface area (Å²) in [4.78, 5) is 14.0. The predicted octanol–water partition coefficient (Wildman–Crippen LogP) is 0.839. The minimum Gasteiger partial charge on any atom is -0.494 e. The van der Waals surface area contributed by atoms with E-state index in [0.717, 1.165) is 32.8 Å². The average molecular weight is 449 g/mol. The zero-order valence-electron chi connectivity index (χ0n) is 17.9. The van der Waals surface area contributed by atoms with Crippen LogP contribution in [0, 0.1) is 6.92 Å². The van der Waals surface area contributed by atoms with E-state index in [1.165, 1.54) is 11.0 Å². The molecule has 0 aliphatic carbocycles. The molecule has 0 atom stereocenters. The highest BCUT2D eigenvalue weighted by Gasteiger charge is 2.20. The third-order valence-corrected chi connectivity index (χ3v) is 6.64. The van der Waals surface area contributed by atoms with Gasteiger partial charge >= 0.3 is 0 Å². The van der Waals surface area contributed by atoms with Gasteiger partial charge in [-0.05, 0) is 55.8 Å². The van der Waals surface area contributed by atoms with Crippen molar-refractivity contribution in [1.29, 1.82) is 0 Å². The molecule has 168 valence electrons. The molecule has 2 aromatic carbocycles. The summed E-state index contributed by atoms with van der Waals surface area (Å²) in [5.41, 5.74) is 1.30. The lowest BCUT2D eigenvalue weighted by molar-refractivity contribution is -0.906. The minimum atomic E-state index is -3.85. The molecular formula is C22H30N3O5S+. The Morgan fingerprint density at radius 3 is 2.52 bits per heavy atom. The van der Waals surface area contributed by atoms with E-state index in [1.54, 1.807) is 43.3 Å². The van der Waals surface area contributed by atoms with Crippen LogP contribution in [0.25, 0.3) is 0 Å². The number of carbonyl (C=O) groups is 1. The third-order valence-electron chi connectivity index (χ3n) is 5.12. The fraction of sp³-hybridized carbons (Fsp3) is 0.409. The van der Waals surface area contributed by atoms with E-state index in [0.29, 0.717) is 35.7 Å². The standard InChI is InChI=1S/C22H29N3O5S/c1-3-30-20-8-6-19(7-9-20)24-31(27,28)21-16-18(5-4-17(21)2)22(26)23-10-11-25-12-14-29-15-13-25/h4-9,16,24H,3,10-15H2,1-2H3,(H,23,26)/p+1. The first-order valence-corrected chi connectivity index (χ1v) is 11.9. The largest absolute Gasteiger partial charge is 0.494 e. The van der Waals surface area contributed by atoms with E-state index in [4.69, 9.17) is 9.47 Å². The van der Waals surface area contributed by atoms with Gasteiger partial charge in [0.25, 0.3) is 15.9 Å². The summed E-state index contributed by atoms with van der Waals surface area (Å²) in [6, 6.07) is 11.4. The van der Waals surface area contributed by atoms with Crippen LogP contribution in [-0.2, 0) is 14.8 Å². The molecule has 1 amide bonds. The number of hydrogen-bond donors (Lipinski definition) is 3. The number of anilines is 1. The first kappa shape index (κ1) is 23.1. The van der Waals surface area contributed by atoms with Gasteiger partial charge in [0, 0.05) is 11.3 Å². The highest BCUT2D eigenvalue weighted by Crippen LogP contribution is 2.22. The Bertz CT molecular complexity index is 987. The van der Waals surface area contributed by atoms with Gasteiger partial charge in [0.2, 0.25) is 0 Å². The molecule has 0 spiro atoms. The molecule has 0 aromatic heterocycles. The van der Waals surface area contributed by atoms with Crippen molar-refractivity contribution in [3.63, 3.8) is 0 Å². The summed E-state index contributed by atoms with van der Waals surface area (Å²) in [6.45, 7) is 8.79. The highest BCUT2D eigenvalue weighted by molar-refractivity contribution is 7.92. The van der Waals surface area contributed by atoms with Crippen LogP contribution in [0.2, 0.25) is 0 Å². The van der Waals surface area contributed by atoms with Gasteiger partial charge in [0.1, 0.15) is 18.8 Å². The van der Waals surface area contributed by atoms with Crippen molar-refractivity contribution >= 4 is 21.6 Å². The minimum absolute atomic E-state index is 0.0767. The third kappa shape index (κ3) is 6.43. The van der Waals surface area contributed by atoms with Gasteiger partial charge in [-0.1, -0.05) is 6.07 Å². The summed E-state index contributed by atoms with van der Waals surface area (Å²) < 4.78 is 39.2. The zero-order chi connectivity index (χ0) is 22.3. The molecule has 8 nitrogen and oxygen atoms in total. The molecule has 2 aromatic rings. The maximum atomic E-state index is 12.9. The number of benzene rings is 2. The lowest BCUT2D eigenvalue weighted by atomic mass is 10.1. The normalized spacial score (nSPS) is 14.8. The summed E-state index contributed by atoms with van der Waals surface area (Å²) >= 11 is 0. The maximum Gasteiger partial charge on any atom is 0.262 e. The van der Waals surface area contributed by atoms with E-state index in [2.05, 4.69) is 10.0 Å². The number of carbonyl (C=O) groups excluding carboxylic acids is 1. The van der Waals surface area contributed by atoms with Gasteiger partial charge in [0.15, 0.2) is 0 Å². The molecule has 0 saturated carbocycles. The average Bonchev–Trinajstić information content (AvgIpc) is 2.76. The van der Waals surface area contributed by atoms with Crippen molar-refractivity contribution in [1.82, 2.24) is 5.32 Å². The first-order valence-electron chi connectivity index (χ1n) is 10.4. The Labute approximate surface area is 183 Å². The Kier molecular flexibility index (Phi) is 7.89. The van der Waals surface area contributed by atoms with Gasteiger partial charge < -0.3 is 19.7 Å². The van der Waals surface area contributed by atoms with Crippen molar-refractivity contribution in [3.8, 4) is 5.75 Å². The summed E-state index contributed by atoms with van der Waals surface area (Å²) in [5.74, 6) is 0.379. The first-order chi connectivity index (χ1) is 14.9. The monoisotopic (exact) mass is 448 g/mol. The molecule has 1 fully saturated rings. The SMILES string of the molecule is CCOc1ccc(NS(=O)(=O)c2cc(C(=O)NCC[NH+]3CCOCC3)ccc2C)cc1. The molecule has 0 unspecified atom stereocenters. The number of aryl methyl sites for hydroxylation is 1. The fourth-order valence-corrected chi connectivity index (χ4v) is 4.72. The second kappa shape index (κ2) is 10.6. The topological polar surface area (TPSA) is 98.2 Å². The fourth-order valence-electron chi connectivity index (χ4n) is 3.39. The van der Waals surface area contributed by atoms with E-state index >= 15 is 0 Å². The lowest BCUT2D eigenvalue weighted by Gasteiger charge is -2.23. The number of ether oxygens (including phenoxy) is 2. The highest BCUT2D eigenvalue weighted by atomic mass is 32.2. The summed E-state index contributed by atoms with van der Waals surface area (Å²) in [5, 5.41) is 2.88. The van der Waals surface area contributed by atoms with Crippen LogP contribution in [-0.4, -0.2) is 60.3 Å². The molecule has 0 radical (unpaired) electrons. The molecule has 1 heterocycles. The van der Waals surface area contributed by atoms with Crippen molar-refractivity contribution in [3.05, 3.63) is 53.6 Å². The van der Waals surface area contributed by atoms with E-state index in [9.17, 15) is 13.2 Å². The Hall–Kier alpha value is -2.62. The van der Waals surface area contributed by atoms with Gasteiger partial charge in [-0.25, -0.2) is 8.42 Å². The van der Waals surface area contributed by atoms with Gasteiger partial charge in [-0.15, -0.1) is 0 Å². The number of sulfonamides is 1. The van der Waals surface area contributed by atoms with Gasteiger partial charge in [0.05, 0.1) is 37.8 Å². The number of rotatable bonds is 9. The van der Waals surface area contributed by atoms with Crippen molar-refractivity contribution in [2.24, 2.45) is 0 Å². The van der Waals surface area contributed by atoms with Crippen LogP contribution < -0.4 is 19.7 Å². The Morgan fingerprint density at radius 1 is 1.13 bits per heavy atom. The maximum absolute atomic E-state index is 12.9. The number of hydrogen-bond acceptors (Lipinski definition) is 5. The second-order valence-corrected chi connectivity index (χ2v) is 9.06. The van der Waals surface area contributed by atoms with Gasteiger partial charge in [-0.2, -0.15) is 0 Å².